The minimum absolute atomic E-state index is 0.109. The number of unbranched alkanes of at least 4 members (excludes halogenated alkanes) is 52. The zero-order valence-corrected chi connectivity index (χ0v) is 64.1. The first-order valence-corrected chi connectivity index (χ1v) is 43.3. The minimum Gasteiger partial charge on any atom is -0.462 e. The summed E-state index contributed by atoms with van der Waals surface area (Å²) in [6.45, 7) is 5.01. The van der Waals surface area contributed by atoms with Crippen molar-refractivity contribution in [2.24, 2.45) is 0 Å². The Hall–Kier alpha value is -1.94. The average molecular weight is 1410 g/mol. The van der Waals surface area contributed by atoms with Crippen molar-refractivity contribution in [3.8, 4) is 0 Å². The van der Waals surface area contributed by atoms with Gasteiger partial charge in [-0.1, -0.05) is 362 Å². The van der Waals surface area contributed by atoms with Crippen LogP contribution in [0.25, 0.3) is 0 Å². The highest BCUT2D eigenvalue weighted by molar-refractivity contribution is 7.47. The lowest BCUT2D eigenvalue weighted by atomic mass is 10.0. The van der Waals surface area contributed by atoms with Gasteiger partial charge in [0.05, 0.1) is 26.4 Å². The predicted octanol–water partition coefficient (Wildman–Crippen LogP) is 23.0. The molecule has 96 heavy (non-hydrogen) atoms. The van der Waals surface area contributed by atoms with Gasteiger partial charge < -0.3 is 33.8 Å². The molecule has 0 amide bonds. The Bertz CT molecular complexity index is 1700. The first-order valence-electron chi connectivity index (χ1n) is 40.3. The number of aliphatic hydroxyl groups is 1. The zero-order chi connectivity index (χ0) is 70.4. The summed E-state index contributed by atoms with van der Waals surface area (Å²) in [6.07, 6.45) is 62.1. The standard InChI is InChI=1S/C77H150O17P2/c1-5-9-13-17-21-25-29-33-35-39-43-47-51-55-59-63-76(81)93-72(67-87-74(79)61-57-53-49-45-41-37-31-27-23-19-15-11-7-3)69-91-95(83,84)89-65-71(78)66-90-96(85,86)92-70-73(68-88-75(80)62-58-54-50-46-42-38-32-28-24-20-16-12-8-4)94-77(82)64-60-56-52-48-44-40-36-34-30-26-22-18-14-10-6-2/h71-73,78H,5-70H2,1-4H3,(H,83,84)(H,85,86)/t72-,73-/m1/s1. The molecular weight excluding hydrogens is 1260 g/mol. The third-order valence-electron chi connectivity index (χ3n) is 18.1. The highest BCUT2D eigenvalue weighted by atomic mass is 31.2. The van der Waals surface area contributed by atoms with Crippen LogP contribution in [0.5, 0.6) is 0 Å². The van der Waals surface area contributed by atoms with E-state index in [-0.39, 0.29) is 25.7 Å². The summed E-state index contributed by atoms with van der Waals surface area (Å²) < 4.78 is 68.6. The fourth-order valence-electron chi connectivity index (χ4n) is 11.9. The first kappa shape index (κ1) is 94.1. The van der Waals surface area contributed by atoms with Crippen LogP contribution in [0.2, 0.25) is 0 Å². The van der Waals surface area contributed by atoms with E-state index in [2.05, 4.69) is 27.7 Å². The Morgan fingerprint density at radius 2 is 0.417 bits per heavy atom. The zero-order valence-electron chi connectivity index (χ0n) is 62.4. The van der Waals surface area contributed by atoms with E-state index >= 15 is 0 Å². The molecule has 17 nitrogen and oxygen atoms in total. The van der Waals surface area contributed by atoms with Crippen molar-refractivity contribution in [1.29, 1.82) is 0 Å². The normalized spacial score (nSPS) is 13.9. The SMILES string of the molecule is CCCCCCCCCCCCCCCCCC(=O)O[C@H](COC(=O)CCCCCCCCCCCCCCC)COP(=O)(O)OCC(O)COP(=O)(O)OC[C@@H](COC(=O)CCCCCCCCCCCCCCC)OC(=O)CCCCCCCCCCCCCCCCC. The fraction of sp³-hybridized carbons (Fsp3) is 0.948. The van der Waals surface area contributed by atoms with Crippen molar-refractivity contribution < 1.29 is 80.2 Å². The van der Waals surface area contributed by atoms with Crippen LogP contribution in [0.4, 0.5) is 0 Å². The highest BCUT2D eigenvalue weighted by Gasteiger charge is 2.30. The lowest BCUT2D eigenvalue weighted by Gasteiger charge is -2.21. The fourth-order valence-corrected chi connectivity index (χ4v) is 13.5. The molecule has 0 aliphatic rings. The molecule has 0 saturated carbocycles. The van der Waals surface area contributed by atoms with E-state index in [1.54, 1.807) is 0 Å². The Kier molecular flexibility index (Phi) is 70.0. The number of ether oxygens (including phenoxy) is 4. The summed E-state index contributed by atoms with van der Waals surface area (Å²) in [6, 6.07) is 0. The van der Waals surface area contributed by atoms with E-state index in [0.717, 1.165) is 89.9 Å². The summed E-state index contributed by atoms with van der Waals surface area (Å²) in [5, 5.41) is 10.6. The molecule has 0 saturated heterocycles. The van der Waals surface area contributed by atoms with Gasteiger partial charge in [-0.05, 0) is 25.7 Å². The van der Waals surface area contributed by atoms with Gasteiger partial charge in [-0.25, -0.2) is 9.13 Å². The maximum absolute atomic E-state index is 13.1. The summed E-state index contributed by atoms with van der Waals surface area (Å²) >= 11 is 0. The van der Waals surface area contributed by atoms with Gasteiger partial charge in [-0.15, -0.1) is 0 Å². The Morgan fingerprint density at radius 1 is 0.250 bits per heavy atom. The van der Waals surface area contributed by atoms with Gasteiger partial charge in [-0.2, -0.15) is 0 Å². The summed E-state index contributed by atoms with van der Waals surface area (Å²) in [7, 11) is -9.91. The lowest BCUT2D eigenvalue weighted by molar-refractivity contribution is -0.161. The Labute approximate surface area is 588 Å². The number of hydrogen-bond acceptors (Lipinski definition) is 15. The predicted molar refractivity (Wildman–Crippen MR) is 391 cm³/mol. The second-order valence-corrected chi connectivity index (χ2v) is 30.7. The molecule has 0 aromatic heterocycles. The molecule has 0 aromatic carbocycles. The van der Waals surface area contributed by atoms with Crippen molar-refractivity contribution in [2.45, 2.75) is 431 Å². The van der Waals surface area contributed by atoms with Crippen LogP contribution in [0.1, 0.15) is 413 Å². The van der Waals surface area contributed by atoms with Crippen molar-refractivity contribution in [1.82, 2.24) is 0 Å². The number of carbonyl (C=O) groups is 4. The number of aliphatic hydroxyl groups excluding tert-OH is 1. The third-order valence-corrected chi connectivity index (χ3v) is 20.0. The van der Waals surface area contributed by atoms with Crippen molar-refractivity contribution in [3.63, 3.8) is 0 Å². The van der Waals surface area contributed by atoms with Crippen LogP contribution < -0.4 is 0 Å². The van der Waals surface area contributed by atoms with Crippen LogP contribution in [0.3, 0.4) is 0 Å². The maximum Gasteiger partial charge on any atom is 0.472 e. The van der Waals surface area contributed by atoms with Crippen LogP contribution in [-0.4, -0.2) is 96.7 Å². The molecule has 0 aliphatic heterocycles. The average Bonchev–Trinajstić information content (AvgIpc) is 1.19. The number of esters is 4. The molecule has 19 heteroatoms. The molecule has 0 rings (SSSR count). The molecule has 0 heterocycles. The lowest BCUT2D eigenvalue weighted by Crippen LogP contribution is -2.30. The van der Waals surface area contributed by atoms with Gasteiger partial charge in [0, 0.05) is 25.7 Å². The minimum atomic E-state index is -4.96. The maximum atomic E-state index is 13.1. The highest BCUT2D eigenvalue weighted by Crippen LogP contribution is 2.45. The Balaban J connectivity index is 5.26. The molecule has 0 spiro atoms. The molecule has 0 aromatic rings. The number of carbonyl (C=O) groups excluding carboxylic acids is 4. The molecule has 0 radical (unpaired) electrons. The first-order chi connectivity index (χ1) is 46.7. The monoisotopic (exact) mass is 1410 g/mol. The van der Waals surface area contributed by atoms with Crippen molar-refractivity contribution >= 4 is 39.5 Å². The number of phosphoric ester groups is 2. The van der Waals surface area contributed by atoms with Crippen LogP contribution in [-0.2, 0) is 65.4 Å². The summed E-state index contributed by atoms with van der Waals surface area (Å²) in [5.74, 6) is -2.11. The van der Waals surface area contributed by atoms with E-state index in [4.69, 9.17) is 37.0 Å². The molecule has 4 atom stereocenters. The van der Waals surface area contributed by atoms with Gasteiger partial charge in [0.15, 0.2) is 12.2 Å². The number of rotatable bonds is 78. The van der Waals surface area contributed by atoms with Crippen LogP contribution >= 0.6 is 15.6 Å². The molecule has 0 aliphatic carbocycles. The van der Waals surface area contributed by atoms with Crippen LogP contribution in [0, 0.1) is 0 Å². The van der Waals surface area contributed by atoms with Gasteiger partial charge in [0.2, 0.25) is 0 Å². The third kappa shape index (κ3) is 70.5. The van der Waals surface area contributed by atoms with Gasteiger partial charge >= 0.3 is 39.5 Å². The molecule has 2 unspecified atom stereocenters. The molecule has 3 N–H and O–H groups in total. The van der Waals surface area contributed by atoms with Gasteiger partial charge in [-0.3, -0.25) is 37.3 Å². The van der Waals surface area contributed by atoms with Crippen LogP contribution in [0.15, 0.2) is 0 Å². The van der Waals surface area contributed by atoms with E-state index in [1.807, 2.05) is 0 Å². The van der Waals surface area contributed by atoms with Gasteiger partial charge in [0.25, 0.3) is 0 Å². The Morgan fingerprint density at radius 3 is 0.615 bits per heavy atom. The van der Waals surface area contributed by atoms with E-state index < -0.39 is 97.5 Å². The number of phosphoric acid groups is 2. The second kappa shape index (κ2) is 71.5. The van der Waals surface area contributed by atoms with Gasteiger partial charge in [0.1, 0.15) is 19.3 Å². The van der Waals surface area contributed by atoms with Crippen molar-refractivity contribution in [3.05, 3.63) is 0 Å². The molecule has 0 bridgehead atoms. The molecule has 570 valence electrons. The smallest absolute Gasteiger partial charge is 0.462 e. The van der Waals surface area contributed by atoms with Crippen molar-refractivity contribution in [2.75, 3.05) is 39.6 Å². The molecular formula is C77H150O17P2. The summed E-state index contributed by atoms with van der Waals surface area (Å²) in [4.78, 5) is 72.9. The summed E-state index contributed by atoms with van der Waals surface area (Å²) in [5.41, 5.74) is 0. The second-order valence-electron chi connectivity index (χ2n) is 27.7. The largest absolute Gasteiger partial charge is 0.472 e. The molecule has 0 fully saturated rings. The number of hydrogen-bond donors (Lipinski definition) is 3. The van der Waals surface area contributed by atoms with E-state index in [1.165, 1.54) is 244 Å². The van der Waals surface area contributed by atoms with E-state index in [9.17, 15) is 43.2 Å². The topological polar surface area (TPSA) is 237 Å². The quantitative estimate of drug-likeness (QED) is 0.0222. The van der Waals surface area contributed by atoms with E-state index in [0.29, 0.717) is 25.7 Å².